The summed E-state index contributed by atoms with van der Waals surface area (Å²) in [5.41, 5.74) is 7.43. The Balaban J connectivity index is 1.75. The first-order chi connectivity index (χ1) is 9.79. The second kappa shape index (κ2) is 6.56. The number of piperidine rings is 1. The van der Waals surface area contributed by atoms with Gasteiger partial charge in [-0.05, 0) is 31.0 Å². The van der Waals surface area contributed by atoms with Crippen molar-refractivity contribution in [1.82, 2.24) is 9.80 Å². The molecule has 0 amide bonds. The summed E-state index contributed by atoms with van der Waals surface area (Å²) in [4.78, 5) is 5.26. The summed E-state index contributed by atoms with van der Waals surface area (Å²) < 4.78 is 1.18. The molecular formula is C16H24BrN3. The Labute approximate surface area is 130 Å². The smallest absolute Gasteiger partial charge is 0.0482 e. The van der Waals surface area contributed by atoms with Crippen molar-refractivity contribution in [2.75, 3.05) is 32.7 Å². The Morgan fingerprint density at radius 3 is 2.85 bits per heavy atom. The molecule has 3 nitrogen and oxygen atoms in total. The summed E-state index contributed by atoms with van der Waals surface area (Å²) in [6, 6.07) is 9.59. The Kier molecular flexibility index (Phi) is 4.76. The highest BCUT2D eigenvalue weighted by molar-refractivity contribution is 9.10. The third-order valence-electron chi connectivity index (χ3n) is 4.80. The normalized spacial score (nSPS) is 26.2. The van der Waals surface area contributed by atoms with Crippen LogP contribution in [-0.4, -0.2) is 48.6 Å². The standard InChI is InChI=1S/C16H24BrN3/c17-15-7-2-1-6-14(15)16(11-18)20-10-9-19-8-4-3-5-13(19)12-20/h1-2,6-7,13,16H,3-5,8-12,18H2. The fraction of sp³-hybridized carbons (Fsp3) is 0.625. The van der Waals surface area contributed by atoms with Gasteiger partial charge in [-0.1, -0.05) is 40.5 Å². The summed E-state index contributed by atoms with van der Waals surface area (Å²) in [7, 11) is 0. The van der Waals surface area contributed by atoms with E-state index in [0.29, 0.717) is 12.6 Å². The maximum Gasteiger partial charge on any atom is 0.0482 e. The van der Waals surface area contributed by atoms with Gasteiger partial charge in [-0.25, -0.2) is 0 Å². The van der Waals surface area contributed by atoms with Crippen LogP contribution in [0.1, 0.15) is 30.9 Å². The lowest BCUT2D eigenvalue weighted by Gasteiger charge is -2.46. The molecule has 0 aliphatic carbocycles. The lowest BCUT2D eigenvalue weighted by molar-refractivity contribution is 0.0285. The fourth-order valence-corrected chi connectivity index (χ4v) is 4.23. The Morgan fingerprint density at radius 1 is 1.20 bits per heavy atom. The largest absolute Gasteiger partial charge is 0.329 e. The average Bonchev–Trinajstić information content (AvgIpc) is 2.50. The van der Waals surface area contributed by atoms with E-state index in [9.17, 15) is 0 Å². The van der Waals surface area contributed by atoms with Crippen LogP contribution in [0.15, 0.2) is 28.7 Å². The van der Waals surface area contributed by atoms with Crippen molar-refractivity contribution in [2.24, 2.45) is 5.73 Å². The van der Waals surface area contributed by atoms with Crippen molar-refractivity contribution in [3.05, 3.63) is 34.3 Å². The first kappa shape index (κ1) is 14.5. The molecule has 2 fully saturated rings. The molecule has 2 heterocycles. The third-order valence-corrected chi connectivity index (χ3v) is 5.52. The van der Waals surface area contributed by atoms with Crippen molar-refractivity contribution < 1.29 is 0 Å². The predicted octanol–water partition coefficient (Wildman–Crippen LogP) is 2.62. The van der Waals surface area contributed by atoms with Gasteiger partial charge in [0.05, 0.1) is 0 Å². The molecule has 2 N–H and O–H groups in total. The monoisotopic (exact) mass is 337 g/mol. The van der Waals surface area contributed by atoms with Gasteiger partial charge in [-0.15, -0.1) is 0 Å². The molecule has 0 spiro atoms. The van der Waals surface area contributed by atoms with E-state index in [1.807, 2.05) is 0 Å². The van der Waals surface area contributed by atoms with Gasteiger partial charge in [0.2, 0.25) is 0 Å². The van der Waals surface area contributed by atoms with E-state index in [-0.39, 0.29) is 0 Å². The molecule has 20 heavy (non-hydrogen) atoms. The Hall–Kier alpha value is -0.420. The van der Waals surface area contributed by atoms with Crippen LogP contribution in [-0.2, 0) is 0 Å². The summed E-state index contributed by atoms with van der Waals surface area (Å²) in [6.45, 7) is 5.49. The van der Waals surface area contributed by atoms with Crippen LogP contribution < -0.4 is 5.73 Å². The third kappa shape index (κ3) is 2.93. The number of fused-ring (bicyclic) bond motifs is 1. The van der Waals surface area contributed by atoms with Gasteiger partial charge in [0, 0.05) is 42.7 Å². The first-order valence-corrected chi connectivity index (χ1v) is 8.51. The van der Waals surface area contributed by atoms with Gasteiger partial charge < -0.3 is 5.73 Å². The highest BCUT2D eigenvalue weighted by atomic mass is 79.9. The maximum absolute atomic E-state index is 6.10. The molecule has 110 valence electrons. The number of benzene rings is 1. The number of halogens is 1. The fourth-order valence-electron chi connectivity index (χ4n) is 3.68. The number of hydrogen-bond donors (Lipinski definition) is 1. The van der Waals surface area contributed by atoms with E-state index in [0.717, 1.165) is 12.6 Å². The van der Waals surface area contributed by atoms with E-state index in [2.05, 4.69) is 50.0 Å². The molecular weight excluding hydrogens is 314 g/mol. The number of nitrogens with zero attached hydrogens (tertiary/aromatic N) is 2. The van der Waals surface area contributed by atoms with Gasteiger partial charge >= 0.3 is 0 Å². The lowest BCUT2D eigenvalue weighted by Crippen LogP contribution is -2.56. The summed E-state index contributed by atoms with van der Waals surface area (Å²) in [5, 5.41) is 0. The van der Waals surface area contributed by atoms with E-state index in [4.69, 9.17) is 5.73 Å². The molecule has 2 aliphatic rings. The second-order valence-electron chi connectivity index (χ2n) is 5.95. The molecule has 2 saturated heterocycles. The second-order valence-corrected chi connectivity index (χ2v) is 6.81. The predicted molar refractivity (Wildman–Crippen MR) is 86.7 cm³/mol. The zero-order valence-electron chi connectivity index (χ0n) is 12.0. The summed E-state index contributed by atoms with van der Waals surface area (Å²) >= 11 is 3.68. The Bertz CT molecular complexity index is 451. The Morgan fingerprint density at radius 2 is 2.05 bits per heavy atom. The van der Waals surface area contributed by atoms with Crippen molar-refractivity contribution in [3.8, 4) is 0 Å². The van der Waals surface area contributed by atoms with Gasteiger partial charge in [0.15, 0.2) is 0 Å². The van der Waals surface area contributed by atoms with Crippen LogP contribution in [0.2, 0.25) is 0 Å². The minimum Gasteiger partial charge on any atom is -0.329 e. The zero-order valence-corrected chi connectivity index (χ0v) is 13.6. The highest BCUT2D eigenvalue weighted by Crippen LogP contribution is 2.30. The van der Waals surface area contributed by atoms with Crippen molar-refractivity contribution in [3.63, 3.8) is 0 Å². The number of piperazine rings is 1. The SMILES string of the molecule is NCC(c1ccccc1Br)N1CCN2CCCCC2C1. The number of rotatable bonds is 3. The molecule has 2 aliphatic heterocycles. The quantitative estimate of drug-likeness (QED) is 0.920. The first-order valence-electron chi connectivity index (χ1n) is 7.72. The van der Waals surface area contributed by atoms with E-state index in [1.165, 1.54) is 48.9 Å². The zero-order chi connectivity index (χ0) is 13.9. The van der Waals surface area contributed by atoms with Gasteiger partial charge in [-0.3, -0.25) is 9.80 Å². The molecule has 0 saturated carbocycles. The molecule has 1 aromatic rings. The van der Waals surface area contributed by atoms with Gasteiger partial charge in [0.1, 0.15) is 0 Å². The van der Waals surface area contributed by atoms with E-state index in [1.54, 1.807) is 0 Å². The average molecular weight is 338 g/mol. The van der Waals surface area contributed by atoms with Crippen LogP contribution >= 0.6 is 15.9 Å². The minimum atomic E-state index is 0.342. The van der Waals surface area contributed by atoms with Crippen LogP contribution in [0.5, 0.6) is 0 Å². The molecule has 0 radical (unpaired) electrons. The van der Waals surface area contributed by atoms with Crippen LogP contribution in [0.25, 0.3) is 0 Å². The van der Waals surface area contributed by atoms with E-state index < -0.39 is 0 Å². The molecule has 2 atom stereocenters. The summed E-state index contributed by atoms with van der Waals surface area (Å²) in [5.74, 6) is 0. The molecule has 3 rings (SSSR count). The van der Waals surface area contributed by atoms with Gasteiger partial charge in [0.25, 0.3) is 0 Å². The highest BCUT2D eigenvalue weighted by Gasteiger charge is 2.32. The molecule has 2 unspecified atom stereocenters. The van der Waals surface area contributed by atoms with Crippen molar-refractivity contribution in [1.29, 1.82) is 0 Å². The van der Waals surface area contributed by atoms with Gasteiger partial charge in [-0.2, -0.15) is 0 Å². The molecule has 0 aromatic heterocycles. The van der Waals surface area contributed by atoms with Crippen LogP contribution in [0.4, 0.5) is 0 Å². The van der Waals surface area contributed by atoms with Crippen LogP contribution in [0.3, 0.4) is 0 Å². The molecule has 1 aromatic carbocycles. The van der Waals surface area contributed by atoms with E-state index >= 15 is 0 Å². The minimum absolute atomic E-state index is 0.342. The number of hydrogen-bond acceptors (Lipinski definition) is 3. The van der Waals surface area contributed by atoms with Crippen molar-refractivity contribution in [2.45, 2.75) is 31.3 Å². The molecule has 0 bridgehead atoms. The topological polar surface area (TPSA) is 32.5 Å². The van der Waals surface area contributed by atoms with Crippen LogP contribution in [0, 0.1) is 0 Å². The van der Waals surface area contributed by atoms with Crippen molar-refractivity contribution >= 4 is 15.9 Å². The molecule has 4 heteroatoms. The summed E-state index contributed by atoms with van der Waals surface area (Å²) in [6.07, 6.45) is 4.11. The number of nitrogens with two attached hydrogens (primary N) is 1. The lowest BCUT2D eigenvalue weighted by atomic mass is 9.97. The maximum atomic E-state index is 6.10.